The molecule has 0 rings (SSSR count). The number of ether oxygens (including phenoxy) is 3. The van der Waals surface area contributed by atoms with E-state index in [4.69, 9.17) is 14.2 Å². The molecule has 0 bridgehead atoms. The number of carbonyl (C=O) groups excluding carboxylic acids is 2. The normalized spacial score (nSPS) is 12.9. The Morgan fingerprint density at radius 2 is 0.769 bits per heavy atom. The lowest BCUT2D eigenvalue weighted by Gasteiger charge is -2.31. The molecule has 0 spiro atoms. The molecule has 0 aromatic rings. The van der Waals surface area contributed by atoms with Gasteiger partial charge in [0.2, 0.25) is 0 Å². The zero-order valence-corrected chi connectivity index (χ0v) is 35.0. The first kappa shape index (κ1) is 50.3. The number of carboxylic acids is 1. The van der Waals surface area contributed by atoms with Crippen molar-refractivity contribution in [2.75, 3.05) is 34.4 Å². The fourth-order valence-electron chi connectivity index (χ4n) is 6.73. The Morgan fingerprint density at radius 3 is 1.08 bits per heavy atom. The van der Waals surface area contributed by atoms with E-state index in [1.165, 1.54) is 154 Å². The minimum atomic E-state index is -1.13. The van der Waals surface area contributed by atoms with Crippen LogP contribution in [-0.2, 0) is 28.6 Å². The van der Waals surface area contributed by atoms with Gasteiger partial charge in [-0.1, -0.05) is 194 Å². The second-order valence-electron chi connectivity index (χ2n) is 16.3. The number of unbranched alkanes of at least 4 members (excludes halogenated alkanes) is 28. The molecule has 8 heteroatoms. The van der Waals surface area contributed by atoms with Gasteiger partial charge < -0.3 is 19.3 Å². The smallest absolute Gasteiger partial charge is 0.392 e. The van der Waals surface area contributed by atoms with Crippen molar-refractivity contribution in [2.45, 2.75) is 232 Å². The van der Waals surface area contributed by atoms with E-state index in [-0.39, 0.29) is 29.6 Å². The monoisotopic (exact) mass is 741 g/mol. The average Bonchev–Trinajstić information content (AvgIpc) is 3.09. The molecule has 0 aliphatic carbocycles. The number of carboxylic acid groups (broad SMARTS) is 1. The summed E-state index contributed by atoms with van der Waals surface area (Å²) in [6.07, 6.45) is 36.5. The Kier molecular flexibility index (Phi) is 35.1. The van der Waals surface area contributed by atoms with Gasteiger partial charge in [-0.3, -0.25) is 14.1 Å². The molecular weight excluding hydrogens is 654 g/mol. The molecule has 1 N–H and O–H groups in total. The maximum Gasteiger partial charge on any atom is 0.392 e. The van der Waals surface area contributed by atoms with Gasteiger partial charge in [-0.15, -0.1) is 0 Å². The minimum Gasteiger partial charge on any atom is -0.475 e. The maximum atomic E-state index is 12.7. The molecule has 8 nitrogen and oxygen atoms in total. The standard InChI is InChI=1S/C44H85NO7/c1-6-8-10-12-14-16-18-20-22-24-26-28-30-32-34-36-41(46)50-38-40(39-51-43(44(48)49)45(3,4)5)52-42(47)37-35-33-31-29-27-25-23-21-19-17-15-13-11-9-7-2/h40,43H,6-39H2,1-5H3/p+1. The number of nitrogens with zero attached hydrogens (tertiary/aromatic N) is 1. The molecule has 0 radical (unpaired) electrons. The molecule has 0 saturated carbocycles. The molecular formula is C44H86NO7+. The van der Waals surface area contributed by atoms with Crippen molar-refractivity contribution in [2.24, 2.45) is 0 Å². The molecule has 0 aliphatic rings. The highest BCUT2D eigenvalue weighted by Gasteiger charge is 2.34. The summed E-state index contributed by atoms with van der Waals surface area (Å²) in [5.74, 6) is -1.78. The Hall–Kier alpha value is -1.67. The number of rotatable bonds is 40. The second-order valence-corrected chi connectivity index (χ2v) is 16.3. The summed E-state index contributed by atoms with van der Waals surface area (Å²) in [5, 5.41) is 9.65. The molecule has 0 fully saturated rings. The molecule has 0 aromatic heterocycles. The predicted octanol–water partition coefficient (Wildman–Crippen LogP) is 12.1. The summed E-state index contributed by atoms with van der Waals surface area (Å²) in [4.78, 5) is 37.0. The van der Waals surface area contributed by atoms with Gasteiger partial charge in [0, 0.05) is 12.8 Å². The number of likely N-dealkylation sites (N-methyl/N-ethyl adjacent to an activating group) is 1. The first-order valence-corrected chi connectivity index (χ1v) is 22.1. The molecule has 0 heterocycles. The summed E-state index contributed by atoms with van der Waals surface area (Å²) < 4.78 is 16.9. The summed E-state index contributed by atoms with van der Waals surface area (Å²) in [7, 11) is 5.19. The summed E-state index contributed by atoms with van der Waals surface area (Å²) in [5.41, 5.74) is 0. The third-order valence-electron chi connectivity index (χ3n) is 10.1. The van der Waals surface area contributed by atoms with Crippen molar-refractivity contribution in [3.63, 3.8) is 0 Å². The van der Waals surface area contributed by atoms with Crippen molar-refractivity contribution in [3.05, 3.63) is 0 Å². The van der Waals surface area contributed by atoms with Gasteiger partial charge in [0.15, 0.2) is 6.10 Å². The maximum absolute atomic E-state index is 12.7. The van der Waals surface area contributed by atoms with Gasteiger partial charge in [-0.25, -0.2) is 4.79 Å². The van der Waals surface area contributed by atoms with Gasteiger partial charge in [-0.05, 0) is 12.8 Å². The van der Waals surface area contributed by atoms with Crippen LogP contribution < -0.4 is 0 Å². The first-order chi connectivity index (χ1) is 25.1. The molecule has 52 heavy (non-hydrogen) atoms. The average molecular weight is 741 g/mol. The number of carbonyl (C=O) groups is 3. The third-order valence-corrected chi connectivity index (χ3v) is 10.1. The molecule has 0 aliphatic heterocycles. The molecule has 0 saturated heterocycles. The summed E-state index contributed by atoms with van der Waals surface area (Å²) in [6.45, 7) is 4.25. The Bertz CT molecular complexity index is 828. The van der Waals surface area contributed by atoms with Crippen LogP contribution >= 0.6 is 0 Å². The van der Waals surface area contributed by atoms with Gasteiger partial charge in [0.1, 0.15) is 6.61 Å². The Balaban J connectivity index is 4.23. The van der Waals surface area contributed by atoms with Crippen LogP contribution in [0.5, 0.6) is 0 Å². The number of hydrogen-bond donors (Lipinski definition) is 1. The summed E-state index contributed by atoms with van der Waals surface area (Å²) >= 11 is 0. The van der Waals surface area contributed by atoms with Gasteiger partial charge in [0.05, 0.1) is 27.7 Å². The molecule has 0 amide bonds. The summed E-state index contributed by atoms with van der Waals surface area (Å²) in [6, 6.07) is 0. The largest absolute Gasteiger partial charge is 0.475 e. The van der Waals surface area contributed by atoms with Gasteiger partial charge >= 0.3 is 17.9 Å². The molecule has 2 atom stereocenters. The van der Waals surface area contributed by atoms with E-state index in [1.54, 1.807) is 21.1 Å². The van der Waals surface area contributed by atoms with Crippen molar-refractivity contribution >= 4 is 17.9 Å². The minimum absolute atomic E-state index is 0.0497. The fraction of sp³-hybridized carbons (Fsp3) is 0.932. The molecule has 0 aromatic carbocycles. The zero-order valence-electron chi connectivity index (χ0n) is 35.0. The van der Waals surface area contributed by atoms with Crippen LogP contribution in [0.1, 0.15) is 219 Å². The lowest BCUT2D eigenvalue weighted by atomic mass is 10.0. The van der Waals surface area contributed by atoms with Crippen LogP contribution in [0.4, 0.5) is 0 Å². The van der Waals surface area contributed by atoms with Crippen LogP contribution in [0, 0.1) is 0 Å². The van der Waals surface area contributed by atoms with Crippen LogP contribution in [0.3, 0.4) is 0 Å². The van der Waals surface area contributed by atoms with Crippen LogP contribution in [-0.4, -0.2) is 74.2 Å². The number of quaternary nitrogens is 1. The number of hydrogen-bond acceptors (Lipinski definition) is 6. The van der Waals surface area contributed by atoms with Crippen LogP contribution in [0.2, 0.25) is 0 Å². The Morgan fingerprint density at radius 1 is 0.462 bits per heavy atom. The molecule has 308 valence electrons. The predicted molar refractivity (Wildman–Crippen MR) is 215 cm³/mol. The lowest BCUT2D eigenvalue weighted by molar-refractivity contribution is -0.910. The highest BCUT2D eigenvalue weighted by molar-refractivity contribution is 5.71. The van der Waals surface area contributed by atoms with E-state index in [0.29, 0.717) is 12.8 Å². The quantitative estimate of drug-likeness (QED) is 0.0289. The SMILES string of the molecule is CCCCCCCCCCCCCCCCCC(=O)OCC(COC(C(=O)O)[N+](C)(C)C)OC(=O)CCCCCCCCCCCCCCCCC. The van der Waals surface area contributed by atoms with Crippen molar-refractivity contribution in [3.8, 4) is 0 Å². The number of aliphatic carboxylic acids is 1. The van der Waals surface area contributed by atoms with E-state index in [2.05, 4.69) is 13.8 Å². The van der Waals surface area contributed by atoms with Crippen LogP contribution in [0.25, 0.3) is 0 Å². The van der Waals surface area contributed by atoms with E-state index in [1.807, 2.05) is 0 Å². The highest BCUT2D eigenvalue weighted by atomic mass is 16.6. The van der Waals surface area contributed by atoms with E-state index in [9.17, 15) is 19.5 Å². The lowest BCUT2D eigenvalue weighted by Crippen LogP contribution is -2.52. The number of esters is 2. The second kappa shape index (κ2) is 36.3. The van der Waals surface area contributed by atoms with Crippen molar-refractivity contribution < 1.29 is 38.2 Å². The van der Waals surface area contributed by atoms with Crippen LogP contribution in [0.15, 0.2) is 0 Å². The fourth-order valence-corrected chi connectivity index (χ4v) is 6.73. The highest BCUT2D eigenvalue weighted by Crippen LogP contribution is 2.16. The zero-order chi connectivity index (χ0) is 38.5. The first-order valence-electron chi connectivity index (χ1n) is 22.1. The van der Waals surface area contributed by atoms with Gasteiger partial charge in [-0.2, -0.15) is 0 Å². The Labute approximate surface area is 321 Å². The van der Waals surface area contributed by atoms with Crippen molar-refractivity contribution in [1.29, 1.82) is 0 Å². The van der Waals surface area contributed by atoms with E-state index in [0.717, 1.165) is 38.5 Å². The van der Waals surface area contributed by atoms with Crippen molar-refractivity contribution in [1.82, 2.24) is 0 Å². The third kappa shape index (κ3) is 34.1. The van der Waals surface area contributed by atoms with Gasteiger partial charge in [0.25, 0.3) is 6.23 Å². The topological polar surface area (TPSA) is 99.1 Å². The molecule has 2 unspecified atom stereocenters. The van der Waals surface area contributed by atoms with E-state index >= 15 is 0 Å². The van der Waals surface area contributed by atoms with E-state index < -0.39 is 18.3 Å².